The van der Waals surface area contributed by atoms with Crippen LogP contribution in [-0.4, -0.2) is 36.5 Å². The molecule has 1 aliphatic rings. The van der Waals surface area contributed by atoms with Crippen molar-refractivity contribution in [3.63, 3.8) is 0 Å². The monoisotopic (exact) mass is 520 g/mol. The molecule has 0 saturated carbocycles. The number of fused-ring (bicyclic) bond motifs is 1. The van der Waals surface area contributed by atoms with E-state index < -0.39 is 6.41 Å². The molecule has 0 aliphatic carbocycles. The molecule has 9 heteroatoms. The number of amidine groups is 1. The first kappa shape index (κ1) is 24.7. The number of aromatic nitrogens is 4. The Morgan fingerprint density at radius 3 is 2.44 bits per heavy atom. The highest BCUT2D eigenvalue weighted by Crippen LogP contribution is 2.26. The average Bonchev–Trinajstić information content (AvgIpc) is 3.63. The minimum absolute atomic E-state index is 0.0777. The van der Waals surface area contributed by atoms with Gasteiger partial charge in [-0.25, -0.2) is 24.4 Å². The summed E-state index contributed by atoms with van der Waals surface area (Å²) in [6.45, 7) is 2.14. The number of aliphatic hydroxyl groups is 1. The van der Waals surface area contributed by atoms with E-state index in [9.17, 15) is 9.90 Å². The molecule has 3 aromatic carbocycles. The fourth-order valence-corrected chi connectivity index (χ4v) is 4.99. The van der Waals surface area contributed by atoms with Crippen molar-refractivity contribution in [1.82, 2.24) is 24.6 Å². The van der Waals surface area contributed by atoms with Crippen LogP contribution in [0, 0.1) is 0 Å². The van der Waals surface area contributed by atoms with Crippen LogP contribution in [0.3, 0.4) is 0 Å². The maximum Gasteiger partial charge on any atom is 0.280 e. The van der Waals surface area contributed by atoms with Crippen molar-refractivity contribution in [1.29, 1.82) is 0 Å². The lowest BCUT2D eigenvalue weighted by atomic mass is 9.96. The number of unbranched alkanes of at least 4 members (excludes halogenated alkanes) is 1. The molecule has 2 N–H and O–H groups in total. The zero-order valence-corrected chi connectivity index (χ0v) is 21.5. The van der Waals surface area contributed by atoms with Crippen LogP contribution in [0.5, 0.6) is 0 Å². The third-order valence-corrected chi connectivity index (χ3v) is 6.91. The lowest BCUT2D eigenvalue weighted by Gasteiger charge is -2.16. The second-order valence-electron chi connectivity index (χ2n) is 9.42. The van der Waals surface area contributed by atoms with E-state index in [1.165, 1.54) is 6.33 Å². The van der Waals surface area contributed by atoms with Crippen molar-refractivity contribution in [2.24, 2.45) is 4.99 Å². The summed E-state index contributed by atoms with van der Waals surface area (Å²) in [6.07, 6.45) is 3.45. The first-order chi connectivity index (χ1) is 19.1. The molecule has 0 radical (unpaired) electrons. The molecule has 0 saturated heterocycles. The van der Waals surface area contributed by atoms with Crippen molar-refractivity contribution in [2.75, 3.05) is 0 Å². The Morgan fingerprint density at radius 1 is 0.974 bits per heavy atom. The van der Waals surface area contributed by atoms with E-state index in [2.05, 4.69) is 27.5 Å². The van der Waals surface area contributed by atoms with Crippen molar-refractivity contribution < 1.29 is 9.94 Å². The van der Waals surface area contributed by atoms with Gasteiger partial charge in [0.05, 0.1) is 11.4 Å². The van der Waals surface area contributed by atoms with Gasteiger partial charge in [-0.1, -0.05) is 80.1 Å². The molecule has 0 fully saturated rings. The van der Waals surface area contributed by atoms with Gasteiger partial charge in [-0.2, -0.15) is 10.1 Å². The standard InChI is InChI=1S/C30H28N6O3/c1-2-3-13-26-25(28(37)35(22-9-5-4-6-10-22)29-31-19-32-36(26)29)18-20-14-16-21(17-15-20)23-11-7-8-12-24(23)27-33-30(38)39-34-27/h4-12,14-17,19,30,38H,2-3,13,18H2,1H3,(H,33,34). The SMILES string of the molecule is CCCCc1c(Cc2ccc(-c3ccccc3C3=NC(O)ON3)cc2)c(=O)n(-c2ccccc2)c2ncnn12. The fraction of sp³-hybridized carbons (Fsp3) is 0.200. The molecule has 6 rings (SSSR count). The maximum absolute atomic E-state index is 14.0. The van der Waals surface area contributed by atoms with E-state index in [0.29, 0.717) is 23.6 Å². The summed E-state index contributed by atoms with van der Waals surface area (Å²) in [4.78, 5) is 27.5. The van der Waals surface area contributed by atoms with Crippen molar-refractivity contribution in [3.05, 3.63) is 118 Å². The van der Waals surface area contributed by atoms with E-state index in [1.54, 1.807) is 4.57 Å². The molecular formula is C30H28N6O3. The molecule has 0 spiro atoms. The van der Waals surface area contributed by atoms with E-state index in [0.717, 1.165) is 52.9 Å². The molecule has 1 unspecified atom stereocenters. The van der Waals surface area contributed by atoms with Gasteiger partial charge in [-0.3, -0.25) is 4.79 Å². The van der Waals surface area contributed by atoms with Crippen molar-refractivity contribution in [2.45, 2.75) is 39.0 Å². The normalized spacial score (nSPS) is 14.9. The van der Waals surface area contributed by atoms with Gasteiger partial charge in [0.1, 0.15) is 6.33 Å². The number of aryl methyl sites for hydroxylation is 1. The van der Waals surface area contributed by atoms with Crippen molar-refractivity contribution in [3.8, 4) is 16.8 Å². The van der Waals surface area contributed by atoms with Crippen LogP contribution in [0.2, 0.25) is 0 Å². The number of aliphatic imine (C=N–C) groups is 1. The van der Waals surface area contributed by atoms with E-state index in [4.69, 9.17) is 4.84 Å². The summed E-state index contributed by atoms with van der Waals surface area (Å²) in [5, 5.41) is 14.1. The number of para-hydroxylation sites is 1. The zero-order chi connectivity index (χ0) is 26.8. The zero-order valence-electron chi connectivity index (χ0n) is 21.5. The van der Waals surface area contributed by atoms with Gasteiger partial charge in [0.2, 0.25) is 5.78 Å². The number of rotatable bonds is 8. The van der Waals surface area contributed by atoms with Gasteiger partial charge in [0, 0.05) is 17.5 Å². The number of hydrogen-bond acceptors (Lipinski definition) is 7. The number of nitrogens with one attached hydrogen (secondary N) is 1. The van der Waals surface area contributed by atoms with E-state index in [-0.39, 0.29) is 5.56 Å². The number of hydrogen-bond donors (Lipinski definition) is 2. The van der Waals surface area contributed by atoms with Crippen LogP contribution >= 0.6 is 0 Å². The summed E-state index contributed by atoms with van der Waals surface area (Å²) in [7, 11) is 0. The molecule has 9 nitrogen and oxygen atoms in total. The molecule has 1 aliphatic heterocycles. The first-order valence-electron chi connectivity index (χ1n) is 13.0. The largest absolute Gasteiger partial charge is 0.348 e. The average molecular weight is 521 g/mol. The lowest BCUT2D eigenvalue weighted by molar-refractivity contribution is -0.102. The summed E-state index contributed by atoms with van der Waals surface area (Å²) in [6, 6.07) is 25.5. The molecule has 3 heterocycles. The van der Waals surface area contributed by atoms with Crippen LogP contribution in [0.1, 0.15) is 42.1 Å². The predicted molar refractivity (Wildman–Crippen MR) is 149 cm³/mol. The molecule has 196 valence electrons. The highest BCUT2D eigenvalue weighted by Gasteiger charge is 2.21. The second-order valence-corrected chi connectivity index (χ2v) is 9.42. The topological polar surface area (TPSA) is 106 Å². The van der Waals surface area contributed by atoms with Crippen LogP contribution in [0.4, 0.5) is 0 Å². The van der Waals surface area contributed by atoms with Crippen LogP contribution in [0.25, 0.3) is 22.6 Å². The third kappa shape index (κ3) is 4.73. The Balaban J connectivity index is 1.40. The summed E-state index contributed by atoms with van der Waals surface area (Å²) < 4.78 is 3.46. The predicted octanol–water partition coefficient (Wildman–Crippen LogP) is 4.04. The summed E-state index contributed by atoms with van der Waals surface area (Å²) in [5.74, 6) is 0.996. The molecule has 2 aromatic heterocycles. The number of nitrogens with zero attached hydrogens (tertiary/aromatic N) is 5. The Hall–Kier alpha value is -4.60. The Bertz CT molecular complexity index is 1710. The molecular weight excluding hydrogens is 492 g/mol. The summed E-state index contributed by atoms with van der Waals surface area (Å²) in [5.41, 5.74) is 8.76. The first-order valence-corrected chi connectivity index (χ1v) is 13.0. The fourth-order valence-electron chi connectivity index (χ4n) is 4.99. The number of benzene rings is 3. The minimum Gasteiger partial charge on any atom is -0.348 e. The van der Waals surface area contributed by atoms with E-state index >= 15 is 0 Å². The smallest absolute Gasteiger partial charge is 0.280 e. The number of hydroxylamine groups is 1. The van der Waals surface area contributed by atoms with Gasteiger partial charge in [0.25, 0.3) is 12.0 Å². The quantitative estimate of drug-likeness (QED) is 0.320. The molecule has 0 bridgehead atoms. The third-order valence-electron chi connectivity index (χ3n) is 6.91. The van der Waals surface area contributed by atoms with E-state index in [1.807, 2.05) is 83.4 Å². The van der Waals surface area contributed by atoms with Gasteiger partial charge in [0.15, 0.2) is 5.84 Å². The van der Waals surface area contributed by atoms with Gasteiger partial charge in [-0.15, -0.1) is 0 Å². The lowest BCUT2D eigenvalue weighted by Crippen LogP contribution is -2.28. The van der Waals surface area contributed by atoms with Gasteiger partial charge in [-0.05, 0) is 41.7 Å². The Kier molecular flexibility index (Phi) is 6.75. The molecule has 1 atom stereocenters. The van der Waals surface area contributed by atoms with Crippen LogP contribution in [-0.2, 0) is 17.7 Å². The molecule has 0 amide bonds. The van der Waals surface area contributed by atoms with Crippen molar-refractivity contribution >= 4 is 11.6 Å². The minimum atomic E-state index is -1.22. The number of aliphatic hydroxyl groups excluding tert-OH is 1. The molecule has 39 heavy (non-hydrogen) atoms. The summed E-state index contributed by atoms with van der Waals surface area (Å²) >= 11 is 0. The Labute approximate surface area is 225 Å². The van der Waals surface area contributed by atoms with Gasteiger partial charge >= 0.3 is 0 Å². The van der Waals surface area contributed by atoms with Crippen LogP contribution < -0.4 is 11.0 Å². The highest BCUT2D eigenvalue weighted by molar-refractivity contribution is 6.04. The van der Waals surface area contributed by atoms with Gasteiger partial charge < -0.3 is 5.11 Å². The molecule has 5 aromatic rings. The Morgan fingerprint density at radius 2 is 1.72 bits per heavy atom. The maximum atomic E-state index is 14.0. The highest BCUT2D eigenvalue weighted by atomic mass is 16.7. The van der Waals surface area contributed by atoms with Crippen LogP contribution in [0.15, 0.2) is 95.0 Å². The second kappa shape index (κ2) is 10.6.